The summed E-state index contributed by atoms with van der Waals surface area (Å²) in [6.07, 6.45) is 4.43. The maximum atomic E-state index is 12.0. The van der Waals surface area contributed by atoms with Crippen molar-refractivity contribution in [2.45, 2.75) is 45.6 Å². The van der Waals surface area contributed by atoms with Gasteiger partial charge in [-0.25, -0.2) is 25.4 Å². The Balaban J connectivity index is 0.00000420. The van der Waals surface area contributed by atoms with Crippen molar-refractivity contribution in [3.8, 4) is 0 Å². The van der Waals surface area contributed by atoms with Crippen LogP contribution in [0.1, 0.15) is 39.5 Å². The number of nitrogens with zero attached hydrogens (tertiary/aromatic N) is 3. The molecule has 0 aromatic heterocycles. The first-order chi connectivity index (χ1) is 13.2. The summed E-state index contributed by atoms with van der Waals surface area (Å²) in [6.45, 7) is 7.31. The Morgan fingerprint density at radius 3 is 2.00 bits per heavy atom. The van der Waals surface area contributed by atoms with Crippen molar-refractivity contribution in [1.82, 2.24) is 19.2 Å². The number of piperidine rings is 2. The summed E-state index contributed by atoms with van der Waals surface area (Å²) < 4.78 is 50.3. The lowest BCUT2D eigenvalue weighted by Gasteiger charge is -2.32. The Hall–Kier alpha value is -0.180. The molecule has 2 aliphatic rings. The number of nitrogens with one attached hydrogen (secondary N) is 2. The Morgan fingerprint density at radius 2 is 1.52 bits per heavy atom. The van der Waals surface area contributed by atoms with Gasteiger partial charge in [0.25, 0.3) is 0 Å². The molecule has 172 valence electrons. The van der Waals surface area contributed by atoms with Crippen molar-refractivity contribution in [1.29, 1.82) is 0 Å². The number of sulfonamides is 2. The molecular weight excluding hydrogens is 529 g/mol. The number of rotatable bonds is 7. The molecule has 0 spiro atoms. The Kier molecular flexibility index (Phi) is 11.1. The average molecular weight is 566 g/mol. The Bertz CT molecular complexity index is 729. The normalized spacial score (nSPS) is 21.6. The van der Waals surface area contributed by atoms with Crippen molar-refractivity contribution in [3.05, 3.63) is 0 Å². The molecule has 0 atom stereocenters. The summed E-state index contributed by atoms with van der Waals surface area (Å²) in [5, 5.41) is 6.69. The molecule has 0 saturated carbocycles. The molecule has 9 nitrogen and oxygen atoms in total. The van der Waals surface area contributed by atoms with Crippen LogP contribution in [0.4, 0.5) is 0 Å². The van der Waals surface area contributed by atoms with E-state index < -0.39 is 20.0 Å². The predicted octanol–water partition coefficient (Wildman–Crippen LogP) is 0.645. The lowest BCUT2D eigenvalue weighted by atomic mass is 9.98. The van der Waals surface area contributed by atoms with Gasteiger partial charge < -0.3 is 10.6 Å². The first kappa shape index (κ1) is 26.9. The molecule has 0 radical (unpaired) electrons. The minimum Gasteiger partial charge on any atom is -0.357 e. The lowest BCUT2D eigenvalue weighted by molar-refractivity contribution is 0.279. The molecule has 0 aromatic rings. The summed E-state index contributed by atoms with van der Waals surface area (Å²) in [5.41, 5.74) is 0. The van der Waals surface area contributed by atoms with E-state index >= 15 is 0 Å². The SMILES string of the molecule is CCNC(=NCC1CCN(S(C)(=O)=O)CC1)NC1CCN(S(=O)(=O)CC)CC1.I. The van der Waals surface area contributed by atoms with Crippen LogP contribution < -0.4 is 10.6 Å². The molecule has 0 aromatic carbocycles. The lowest BCUT2D eigenvalue weighted by Crippen LogP contribution is -2.50. The summed E-state index contributed by atoms with van der Waals surface area (Å²) in [6, 6.07) is 0.202. The second-order valence-electron chi connectivity index (χ2n) is 7.54. The van der Waals surface area contributed by atoms with Gasteiger partial charge >= 0.3 is 0 Å². The third kappa shape index (κ3) is 8.46. The zero-order chi connectivity index (χ0) is 20.8. The van der Waals surface area contributed by atoms with Gasteiger partial charge in [0.05, 0.1) is 12.0 Å². The maximum Gasteiger partial charge on any atom is 0.213 e. The van der Waals surface area contributed by atoms with Gasteiger partial charge in [0.15, 0.2) is 5.96 Å². The van der Waals surface area contributed by atoms with Gasteiger partial charge in [-0.15, -0.1) is 24.0 Å². The van der Waals surface area contributed by atoms with E-state index in [1.54, 1.807) is 11.2 Å². The third-order valence-corrected chi connectivity index (χ3v) is 8.63. The van der Waals surface area contributed by atoms with E-state index in [1.165, 1.54) is 10.6 Å². The van der Waals surface area contributed by atoms with Crippen LogP contribution in [0.15, 0.2) is 4.99 Å². The summed E-state index contributed by atoms with van der Waals surface area (Å²) in [4.78, 5) is 4.70. The van der Waals surface area contributed by atoms with Crippen LogP contribution >= 0.6 is 24.0 Å². The highest BCUT2D eigenvalue weighted by atomic mass is 127. The van der Waals surface area contributed by atoms with E-state index in [9.17, 15) is 16.8 Å². The third-order valence-electron chi connectivity index (χ3n) is 5.45. The van der Waals surface area contributed by atoms with E-state index in [0.717, 1.165) is 38.2 Å². The number of aliphatic imine (C=N–C) groups is 1. The van der Waals surface area contributed by atoms with Crippen molar-refractivity contribution < 1.29 is 16.8 Å². The number of hydrogen-bond donors (Lipinski definition) is 2. The molecule has 29 heavy (non-hydrogen) atoms. The zero-order valence-corrected chi connectivity index (χ0v) is 21.6. The second kappa shape index (κ2) is 12.0. The molecule has 2 fully saturated rings. The van der Waals surface area contributed by atoms with Crippen molar-refractivity contribution >= 4 is 50.0 Å². The second-order valence-corrected chi connectivity index (χ2v) is 11.8. The van der Waals surface area contributed by atoms with Crippen molar-refractivity contribution in [2.24, 2.45) is 10.9 Å². The highest BCUT2D eigenvalue weighted by molar-refractivity contribution is 14.0. The van der Waals surface area contributed by atoms with E-state index in [-0.39, 0.29) is 35.8 Å². The molecule has 12 heteroatoms. The average Bonchev–Trinajstić information content (AvgIpc) is 2.66. The molecule has 0 unspecified atom stereocenters. The van der Waals surface area contributed by atoms with Gasteiger partial charge in [-0.3, -0.25) is 4.99 Å². The maximum absolute atomic E-state index is 12.0. The van der Waals surface area contributed by atoms with Crippen LogP contribution in [-0.2, 0) is 20.0 Å². The topological polar surface area (TPSA) is 111 Å². The number of guanidine groups is 1. The van der Waals surface area contributed by atoms with E-state index in [4.69, 9.17) is 4.99 Å². The molecule has 2 aliphatic heterocycles. The van der Waals surface area contributed by atoms with Crippen molar-refractivity contribution in [3.63, 3.8) is 0 Å². The summed E-state index contributed by atoms with van der Waals surface area (Å²) in [5.74, 6) is 1.28. The van der Waals surface area contributed by atoms with Crippen molar-refractivity contribution in [2.75, 3.05) is 51.3 Å². The zero-order valence-electron chi connectivity index (χ0n) is 17.6. The van der Waals surface area contributed by atoms with E-state index in [1.807, 2.05) is 6.92 Å². The molecule has 2 N–H and O–H groups in total. The minimum absolute atomic E-state index is 0. The molecule has 2 rings (SSSR count). The van der Waals surface area contributed by atoms with Crippen LogP contribution in [-0.4, -0.2) is 88.7 Å². The van der Waals surface area contributed by atoms with Crippen LogP contribution in [0, 0.1) is 5.92 Å². The first-order valence-corrected chi connectivity index (χ1v) is 13.6. The molecule has 2 saturated heterocycles. The van der Waals surface area contributed by atoms with Crippen LogP contribution in [0.25, 0.3) is 0 Å². The van der Waals surface area contributed by atoms with Crippen LogP contribution in [0.2, 0.25) is 0 Å². The molecule has 0 bridgehead atoms. The van der Waals surface area contributed by atoms with Crippen LogP contribution in [0.3, 0.4) is 0 Å². The molecule has 0 amide bonds. The molecule has 0 aliphatic carbocycles. The van der Waals surface area contributed by atoms with Gasteiger partial charge in [-0.2, -0.15) is 0 Å². The number of hydrogen-bond acceptors (Lipinski definition) is 5. The monoisotopic (exact) mass is 565 g/mol. The summed E-state index contributed by atoms with van der Waals surface area (Å²) >= 11 is 0. The fraction of sp³-hybridized carbons (Fsp3) is 0.941. The standard InChI is InChI=1S/C17H35N5O4S2.HI/c1-4-18-17(19-14-15-6-10-21(11-7-15)27(3,23)24)20-16-8-12-22(13-9-16)28(25,26)5-2;/h15-16H,4-14H2,1-3H3,(H2,18,19,20);1H. The first-order valence-electron chi connectivity index (χ1n) is 10.1. The fourth-order valence-electron chi connectivity index (χ4n) is 3.62. The van der Waals surface area contributed by atoms with Gasteiger partial charge in [-0.1, -0.05) is 0 Å². The Morgan fingerprint density at radius 1 is 0.966 bits per heavy atom. The van der Waals surface area contributed by atoms with Gasteiger partial charge in [-0.05, 0) is 45.4 Å². The van der Waals surface area contributed by atoms with E-state index in [0.29, 0.717) is 38.6 Å². The summed E-state index contributed by atoms with van der Waals surface area (Å²) in [7, 11) is -6.21. The van der Waals surface area contributed by atoms with Crippen LogP contribution in [0.5, 0.6) is 0 Å². The predicted molar refractivity (Wildman–Crippen MR) is 128 cm³/mol. The highest BCUT2D eigenvalue weighted by Gasteiger charge is 2.27. The minimum atomic E-state index is -3.11. The highest BCUT2D eigenvalue weighted by Crippen LogP contribution is 2.19. The van der Waals surface area contributed by atoms with Gasteiger partial charge in [0, 0.05) is 45.3 Å². The molecular formula is C17H36IN5O4S2. The van der Waals surface area contributed by atoms with Gasteiger partial charge in [0.1, 0.15) is 0 Å². The smallest absolute Gasteiger partial charge is 0.213 e. The fourth-order valence-corrected chi connectivity index (χ4v) is 5.62. The molecule has 2 heterocycles. The van der Waals surface area contributed by atoms with Gasteiger partial charge in [0.2, 0.25) is 20.0 Å². The Labute approximate surface area is 193 Å². The quantitative estimate of drug-likeness (QED) is 0.267. The largest absolute Gasteiger partial charge is 0.357 e. The number of halogens is 1. The van der Waals surface area contributed by atoms with E-state index in [2.05, 4.69) is 10.6 Å².